The molecule has 3 N–H and O–H groups in total. The van der Waals surface area contributed by atoms with Gasteiger partial charge in [-0.1, -0.05) is 18.6 Å². The number of hydrogen-bond donors (Lipinski definition) is 1. The average molecular weight is 500 g/mol. The van der Waals surface area contributed by atoms with Crippen molar-refractivity contribution in [2.45, 2.75) is 30.9 Å². The van der Waals surface area contributed by atoms with Crippen LogP contribution in [0.15, 0.2) is 24.3 Å². The van der Waals surface area contributed by atoms with E-state index in [0.717, 1.165) is 12.0 Å². The van der Waals surface area contributed by atoms with Gasteiger partial charge in [-0.2, -0.15) is 6.54 Å². The van der Waals surface area contributed by atoms with Crippen molar-refractivity contribution in [2.75, 3.05) is 13.2 Å². The van der Waals surface area contributed by atoms with E-state index in [-0.39, 0.29) is 12.3 Å². The quantitative estimate of drug-likeness (QED) is 0.643. The summed E-state index contributed by atoms with van der Waals surface area (Å²) in [4.78, 5) is 0. The first kappa shape index (κ1) is 18.2. The molecule has 0 amide bonds. The van der Waals surface area contributed by atoms with Crippen molar-refractivity contribution in [2.24, 2.45) is 0 Å². The maximum absolute atomic E-state index is 9.30. The Labute approximate surface area is 136 Å². The van der Waals surface area contributed by atoms with E-state index in [1.807, 2.05) is 6.92 Å². The van der Waals surface area contributed by atoms with Crippen LogP contribution in [0.25, 0.3) is 11.5 Å². The molecule has 0 saturated carbocycles. The molecule has 1 saturated heterocycles. The fourth-order valence-corrected chi connectivity index (χ4v) is 2.42. The second-order valence-corrected chi connectivity index (χ2v) is 8.12. The maximum atomic E-state index is 9.30. The van der Waals surface area contributed by atoms with Gasteiger partial charge in [-0.15, -0.1) is 5.54 Å². The molecule has 7 heteroatoms. The molecule has 4 nitrogen and oxygen atoms in total. The number of phenols is 1. The van der Waals surface area contributed by atoms with Crippen molar-refractivity contribution in [3.63, 3.8) is 0 Å². The Morgan fingerprint density at radius 2 is 1.90 bits per heavy atom. The van der Waals surface area contributed by atoms with E-state index in [9.17, 15) is 5.11 Å². The van der Waals surface area contributed by atoms with Gasteiger partial charge in [-0.3, -0.25) is 0 Å². The minimum absolute atomic E-state index is 0.0182. The fraction of sp³-hybridized carbons (Fsp3) is 0.538. The van der Waals surface area contributed by atoms with Crippen LogP contribution in [0.1, 0.15) is 25.3 Å². The number of nitrogens with one attached hydrogen (secondary N) is 2. The van der Waals surface area contributed by atoms with Gasteiger partial charge in [-0.05, 0) is 31.0 Å². The van der Waals surface area contributed by atoms with Crippen molar-refractivity contribution < 1.29 is 26.3 Å². The van der Waals surface area contributed by atoms with Gasteiger partial charge in [0.2, 0.25) is 0 Å². The summed E-state index contributed by atoms with van der Waals surface area (Å²) in [5.41, 5.74) is 15.2. The predicted molar refractivity (Wildman–Crippen MR) is 78.6 cm³/mol. The third-order valence-corrected chi connectivity index (χ3v) is 3.77. The molecule has 0 radical (unpaired) electrons. The molecule has 20 heavy (non-hydrogen) atoms. The predicted octanol–water partition coefficient (Wildman–Crippen LogP) is 4.64. The number of aromatic hydroxyl groups is 1. The molecule has 1 heterocycles. The van der Waals surface area contributed by atoms with Crippen LogP contribution in [0.2, 0.25) is 0 Å². The van der Waals surface area contributed by atoms with Gasteiger partial charge < -0.3 is 21.3 Å². The summed E-state index contributed by atoms with van der Waals surface area (Å²) in [5.74, 6) is 0.203. The van der Waals surface area contributed by atoms with E-state index in [4.69, 9.17) is 35.0 Å². The van der Waals surface area contributed by atoms with Crippen molar-refractivity contribution >= 4 is 18.8 Å². The summed E-state index contributed by atoms with van der Waals surface area (Å²) in [6, 6.07) is 6.75. The van der Waals surface area contributed by atoms with Crippen molar-refractivity contribution in [3.05, 3.63) is 41.3 Å². The Hall–Kier alpha value is 0.168. The first-order chi connectivity index (χ1) is 9.43. The topological polar surface area (TPSA) is 77.1 Å². The minimum atomic E-state index is -0.914. The number of benzene rings is 1. The summed E-state index contributed by atoms with van der Waals surface area (Å²) in [6.07, 6.45) is 1.50. The Morgan fingerprint density at radius 1 is 1.35 bits per heavy atom. The van der Waals surface area contributed by atoms with Crippen molar-refractivity contribution in [3.8, 4) is 5.75 Å². The average Bonchev–Trinajstić information content (AvgIpc) is 2.44. The number of ether oxygens (including phenoxy) is 1. The molecule has 0 bridgehead atoms. The summed E-state index contributed by atoms with van der Waals surface area (Å²) >= 11 is -0.472. The Balaban J connectivity index is 0.000000612. The molecule has 1 aromatic rings. The van der Waals surface area contributed by atoms with E-state index in [0.29, 0.717) is 13.0 Å². The van der Waals surface area contributed by atoms with Crippen LogP contribution in [0.5, 0.6) is 5.75 Å². The van der Waals surface area contributed by atoms with Gasteiger partial charge in [0.1, 0.15) is 5.75 Å². The summed E-state index contributed by atoms with van der Waals surface area (Å²) in [6.45, 7) is 2.52. The van der Waals surface area contributed by atoms with Gasteiger partial charge in [0, 0.05) is 6.61 Å². The molecule has 1 fully saturated rings. The number of hydrogen-bond acceptors (Lipinski definition) is 2. The normalized spacial score (nSPS) is 29.6. The van der Waals surface area contributed by atoms with Gasteiger partial charge in [-0.25, -0.2) is 0 Å². The van der Waals surface area contributed by atoms with Crippen LogP contribution in [0, 0.1) is 0 Å². The van der Waals surface area contributed by atoms with Gasteiger partial charge in [0.25, 0.3) is 0 Å². The SMILES string of the molecule is CC1(c2ccc(O)cc2)OCCCC1([NH-])C[NH-].[Cl][Pt+2][Cl]. The number of halogens is 2. The van der Waals surface area contributed by atoms with Crippen LogP contribution in [0.3, 0.4) is 0 Å². The Kier molecular flexibility index (Phi) is 7.26. The third-order valence-electron chi connectivity index (χ3n) is 3.77. The third kappa shape index (κ3) is 3.88. The van der Waals surface area contributed by atoms with Crippen LogP contribution >= 0.6 is 18.8 Å². The number of rotatable bonds is 2. The molecule has 2 unspecified atom stereocenters. The Bertz CT molecular complexity index is 421. The summed E-state index contributed by atoms with van der Waals surface area (Å²) in [7, 11) is 9.75. The van der Waals surface area contributed by atoms with Crippen LogP contribution in [-0.2, 0) is 26.8 Å². The van der Waals surface area contributed by atoms with Crippen molar-refractivity contribution in [1.82, 2.24) is 0 Å². The zero-order valence-corrected chi connectivity index (χ0v) is 14.8. The molecule has 1 aromatic carbocycles. The zero-order valence-electron chi connectivity index (χ0n) is 11.1. The van der Waals surface area contributed by atoms with Gasteiger partial charge >= 0.3 is 35.3 Å². The van der Waals surface area contributed by atoms with Crippen molar-refractivity contribution in [1.29, 1.82) is 0 Å². The van der Waals surface area contributed by atoms with Crippen LogP contribution < -0.4 is 0 Å². The van der Waals surface area contributed by atoms with Crippen LogP contribution in [-0.4, -0.2) is 23.8 Å². The van der Waals surface area contributed by atoms with Gasteiger partial charge in [0.15, 0.2) is 0 Å². The molecule has 1 aliphatic heterocycles. The molecule has 0 spiro atoms. The zero-order chi connectivity index (χ0) is 15.2. The molecule has 2 rings (SSSR count). The molecular formula is C13H18Cl2N2O2Pt. The first-order valence-electron chi connectivity index (χ1n) is 6.09. The standard InChI is InChI=1S/C13H18N2O2.2ClH.Pt/c1-12(10-3-5-11(16)6-4-10)13(15,9-14)7-2-8-17-12;;;/h3-6,14-16H,2,7-9H2,1H3;2*1H;/q-2;;;+4/p-2. The van der Waals surface area contributed by atoms with E-state index in [1.165, 1.54) is 0 Å². The van der Waals surface area contributed by atoms with Gasteiger partial charge in [0.05, 0.1) is 5.60 Å². The molecule has 116 valence electrons. The summed E-state index contributed by atoms with van der Waals surface area (Å²) < 4.78 is 5.81. The first-order valence-corrected chi connectivity index (χ1v) is 11.7. The monoisotopic (exact) mass is 499 g/mol. The second kappa shape index (κ2) is 7.97. The van der Waals surface area contributed by atoms with E-state index < -0.39 is 27.6 Å². The van der Waals surface area contributed by atoms with E-state index in [1.54, 1.807) is 24.3 Å². The van der Waals surface area contributed by atoms with Crippen LogP contribution in [0.4, 0.5) is 0 Å². The summed E-state index contributed by atoms with van der Waals surface area (Å²) in [5, 5.41) is 9.30. The van der Waals surface area contributed by atoms with E-state index >= 15 is 0 Å². The molecule has 2 atom stereocenters. The molecule has 0 aliphatic carbocycles. The Morgan fingerprint density at radius 3 is 2.40 bits per heavy atom. The molecular weight excluding hydrogens is 482 g/mol. The fourth-order valence-electron chi connectivity index (χ4n) is 2.42. The molecule has 1 aliphatic rings. The number of phenolic OH excluding ortho intramolecular Hbond substituents is 1. The second-order valence-electron chi connectivity index (χ2n) is 4.84. The molecule has 0 aromatic heterocycles. The van der Waals surface area contributed by atoms with E-state index in [2.05, 4.69) is 0 Å².